The highest BCUT2D eigenvalue weighted by Crippen LogP contribution is 2.35. The summed E-state index contributed by atoms with van der Waals surface area (Å²) < 4.78 is 0. The number of aryl methyl sites for hydroxylation is 1. The van der Waals surface area contributed by atoms with E-state index in [4.69, 9.17) is 4.98 Å². The molecule has 0 unspecified atom stereocenters. The van der Waals surface area contributed by atoms with Crippen molar-refractivity contribution in [3.63, 3.8) is 0 Å². The highest BCUT2D eigenvalue weighted by atomic mass is 28.3. The molecule has 0 aliphatic heterocycles. The molecule has 0 saturated carbocycles. The van der Waals surface area contributed by atoms with Crippen LogP contribution >= 0.6 is 0 Å². The van der Waals surface area contributed by atoms with Gasteiger partial charge < -0.3 is 0 Å². The Bertz CT molecular complexity index is 1210. The zero-order valence-corrected chi connectivity index (χ0v) is 17.4. The third-order valence-corrected chi connectivity index (χ3v) is 7.57. The minimum Gasteiger partial charge on any atom is -0.244 e. The summed E-state index contributed by atoms with van der Waals surface area (Å²) in [5.41, 5.74) is 6.50. The SMILES string of the molecule is C[Si](C)(C)c1cc(-c2ncnc3c2CCc2cncnc2-3)cc2ccccc12. The van der Waals surface area contributed by atoms with Crippen molar-refractivity contribution in [2.75, 3.05) is 0 Å². The van der Waals surface area contributed by atoms with Gasteiger partial charge in [0.15, 0.2) is 0 Å². The highest BCUT2D eigenvalue weighted by Gasteiger charge is 2.25. The van der Waals surface area contributed by atoms with Gasteiger partial charge in [-0.05, 0) is 35.2 Å². The predicted molar refractivity (Wildman–Crippen MR) is 116 cm³/mol. The Morgan fingerprint density at radius 2 is 1.61 bits per heavy atom. The number of benzene rings is 2. The second-order valence-corrected chi connectivity index (χ2v) is 13.5. The van der Waals surface area contributed by atoms with Crippen LogP contribution in [0.25, 0.3) is 33.4 Å². The molecule has 2 aromatic carbocycles. The Morgan fingerprint density at radius 3 is 2.46 bits per heavy atom. The fourth-order valence-corrected chi connectivity index (χ4v) is 5.81. The number of aromatic nitrogens is 4. The molecule has 5 heteroatoms. The number of hydrogen-bond acceptors (Lipinski definition) is 4. The maximum Gasteiger partial charge on any atom is 0.116 e. The quantitative estimate of drug-likeness (QED) is 0.482. The van der Waals surface area contributed by atoms with Crippen molar-refractivity contribution >= 4 is 24.0 Å². The molecule has 0 fully saturated rings. The van der Waals surface area contributed by atoms with Gasteiger partial charge in [0.2, 0.25) is 0 Å². The third-order valence-electron chi connectivity index (χ3n) is 5.55. The van der Waals surface area contributed by atoms with Crippen LogP contribution in [0.4, 0.5) is 0 Å². The summed E-state index contributed by atoms with van der Waals surface area (Å²) in [5.74, 6) is 0. The molecule has 0 spiro atoms. The number of rotatable bonds is 2. The summed E-state index contributed by atoms with van der Waals surface area (Å²) in [6.07, 6.45) is 7.04. The maximum atomic E-state index is 4.73. The van der Waals surface area contributed by atoms with E-state index in [0.717, 1.165) is 29.9 Å². The van der Waals surface area contributed by atoms with Crippen molar-refractivity contribution < 1.29 is 0 Å². The van der Waals surface area contributed by atoms with Crippen LogP contribution in [0.15, 0.2) is 55.2 Å². The lowest BCUT2D eigenvalue weighted by atomic mass is 9.90. The monoisotopic (exact) mass is 382 g/mol. The van der Waals surface area contributed by atoms with E-state index >= 15 is 0 Å². The van der Waals surface area contributed by atoms with Gasteiger partial charge in [-0.3, -0.25) is 0 Å². The zero-order chi connectivity index (χ0) is 19.3. The van der Waals surface area contributed by atoms with Gasteiger partial charge in [-0.25, -0.2) is 19.9 Å². The number of nitrogens with zero attached hydrogens (tertiary/aromatic N) is 4. The molecule has 2 heterocycles. The van der Waals surface area contributed by atoms with Crippen LogP contribution in [0.5, 0.6) is 0 Å². The molecule has 1 aliphatic rings. The smallest absolute Gasteiger partial charge is 0.116 e. The van der Waals surface area contributed by atoms with Crippen molar-refractivity contribution in [2.24, 2.45) is 0 Å². The molecule has 1 aliphatic carbocycles. The van der Waals surface area contributed by atoms with Crippen molar-refractivity contribution in [3.8, 4) is 22.6 Å². The molecule has 0 atom stereocenters. The third kappa shape index (κ3) is 2.74. The van der Waals surface area contributed by atoms with Crippen molar-refractivity contribution in [2.45, 2.75) is 32.5 Å². The van der Waals surface area contributed by atoms with Crippen molar-refractivity contribution in [3.05, 3.63) is 66.4 Å². The van der Waals surface area contributed by atoms with Gasteiger partial charge in [0.25, 0.3) is 0 Å². The Balaban J connectivity index is 1.77. The van der Waals surface area contributed by atoms with E-state index in [1.807, 2.05) is 6.20 Å². The van der Waals surface area contributed by atoms with Crippen LogP contribution in [-0.2, 0) is 12.8 Å². The van der Waals surface area contributed by atoms with Crippen LogP contribution in [0.3, 0.4) is 0 Å². The molecule has 0 radical (unpaired) electrons. The van der Waals surface area contributed by atoms with E-state index in [2.05, 4.69) is 71.0 Å². The first-order chi connectivity index (χ1) is 13.5. The lowest BCUT2D eigenvalue weighted by molar-refractivity contribution is 0.886. The molecule has 0 saturated heterocycles. The van der Waals surface area contributed by atoms with Crippen molar-refractivity contribution in [1.82, 2.24) is 19.9 Å². The van der Waals surface area contributed by atoms with Gasteiger partial charge >= 0.3 is 0 Å². The van der Waals surface area contributed by atoms with Crippen LogP contribution in [0, 0.1) is 0 Å². The normalized spacial score (nSPS) is 13.2. The molecule has 0 bridgehead atoms. The van der Waals surface area contributed by atoms with Crippen molar-refractivity contribution in [1.29, 1.82) is 0 Å². The molecule has 28 heavy (non-hydrogen) atoms. The fraction of sp³-hybridized carbons (Fsp3) is 0.217. The minimum absolute atomic E-state index is 0.918. The van der Waals surface area contributed by atoms with Crippen LogP contribution in [0.1, 0.15) is 11.1 Å². The van der Waals surface area contributed by atoms with E-state index in [-0.39, 0.29) is 0 Å². The van der Waals surface area contributed by atoms with Gasteiger partial charge in [-0.2, -0.15) is 0 Å². The molecule has 4 nitrogen and oxygen atoms in total. The summed E-state index contributed by atoms with van der Waals surface area (Å²) in [5, 5.41) is 4.13. The molecule has 0 amide bonds. The Hall–Kier alpha value is -2.92. The van der Waals surface area contributed by atoms with Gasteiger partial charge in [0.05, 0.1) is 25.2 Å². The Morgan fingerprint density at radius 1 is 0.821 bits per heavy atom. The van der Waals surface area contributed by atoms with E-state index in [0.29, 0.717) is 0 Å². The first-order valence-corrected chi connectivity index (χ1v) is 13.2. The van der Waals surface area contributed by atoms with Crippen LogP contribution in [-0.4, -0.2) is 28.0 Å². The van der Waals surface area contributed by atoms with E-state index in [1.54, 1.807) is 12.7 Å². The highest BCUT2D eigenvalue weighted by molar-refractivity contribution is 6.90. The molecular formula is C23H22N4Si. The predicted octanol–water partition coefficient (Wildman–Crippen LogP) is 4.40. The first kappa shape index (κ1) is 17.2. The second-order valence-electron chi connectivity index (χ2n) is 8.44. The van der Waals surface area contributed by atoms with Gasteiger partial charge in [0.1, 0.15) is 12.7 Å². The van der Waals surface area contributed by atoms with E-state index < -0.39 is 8.07 Å². The molecular weight excluding hydrogens is 360 g/mol. The Labute approximate surface area is 165 Å². The summed E-state index contributed by atoms with van der Waals surface area (Å²) in [6, 6.07) is 13.3. The lowest BCUT2D eigenvalue weighted by Crippen LogP contribution is -2.38. The molecule has 0 N–H and O–H groups in total. The average Bonchev–Trinajstić information content (AvgIpc) is 2.71. The van der Waals surface area contributed by atoms with Gasteiger partial charge in [-0.15, -0.1) is 0 Å². The van der Waals surface area contributed by atoms with Gasteiger partial charge in [-0.1, -0.05) is 55.2 Å². The summed E-state index contributed by atoms with van der Waals surface area (Å²) in [6.45, 7) is 7.21. The topological polar surface area (TPSA) is 51.6 Å². The first-order valence-electron chi connectivity index (χ1n) is 9.69. The molecule has 138 valence electrons. The number of hydrogen-bond donors (Lipinski definition) is 0. The standard InChI is InChI=1S/C23H22N4Si/c1-28(2,3)20-11-17(10-15-6-4-5-7-18(15)20)21-19-9-8-16-12-24-13-25-22(16)23(19)27-14-26-21/h4-7,10-14H,8-9H2,1-3H3. The fourth-order valence-electron chi connectivity index (χ4n) is 4.18. The average molecular weight is 383 g/mol. The van der Waals surface area contributed by atoms with E-state index in [9.17, 15) is 0 Å². The van der Waals surface area contributed by atoms with E-state index in [1.165, 1.54) is 32.6 Å². The Kier molecular flexibility index (Phi) is 3.87. The molecule has 2 aromatic heterocycles. The molecule has 5 rings (SSSR count). The minimum atomic E-state index is -1.52. The largest absolute Gasteiger partial charge is 0.244 e. The van der Waals surface area contributed by atoms with Gasteiger partial charge in [0, 0.05) is 17.3 Å². The molecule has 4 aromatic rings. The summed E-state index contributed by atoms with van der Waals surface area (Å²) in [7, 11) is -1.52. The number of fused-ring (bicyclic) bond motifs is 4. The zero-order valence-electron chi connectivity index (χ0n) is 16.4. The second kappa shape index (κ2) is 6.31. The summed E-state index contributed by atoms with van der Waals surface area (Å²) >= 11 is 0. The van der Waals surface area contributed by atoms with Crippen LogP contribution in [0.2, 0.25) is 19.6 Å². The summed E-state index contributed by atoms with van der Waals surface area (Å²) in [4.78, 5) is 18.0. The maximum absolute atomic E-state index is 4.73. The lowest BCUT2D eigenvalue weighted by Gasteiger charge is -2.23. The van der Waals surface area contributed by atoms with Crippen LogP contribution < -0.4 is 5.19 Å².